The number of thiophene rings is 2. The van der Waals surface area contributed by atoms with Gasteiger partial charge >= 0.3 is 6.09 Å². The zero-order valence-electron chi connectivity index (χ0n) is 39.1. The minimum atomic E-state index is -1.67. The lowest BCUT2D eigenvalue weighted by molar-refractivity contribution is 0.192. The fourth-order valence-corrected chi connectivity index (χ4v) is 12.9. The van der Waals surface area contributed by atoms with Crippen LogP contribution in [0.3, 0.4) is 0 Å². The maximum absolute atomic E-state index is 13.1. The second-order valence-electron chi connectivity index (χ2n) is 21.3. The zero-order chi connectivity index (χ0) is 46.8. The number of hydrogen-bond acceptors (Lipinski definition) is 8. The highest BCUT2D eigenvalue weighted by molar-refractivity contribution is 7.24. The number of rotatable bonds is 6. The molecule has 0 amide bonds. The van der Waals surface area contributed by atoms with Crippen LogP contribution in [0.2, 0.25) is 0 Å². The van der Waals surface area contributed by atoms with Crippen LogP contribution in [0.1, 0.15) is 108 Å². The van der Waals surface area contributed by atoms with Crippen LogP contribution in [0.5, 0.6) is 5.88 Å². The normalized spacial score (nSPS) is 18.6. The summed E-state index contributed by atoms with van der Waals surface area (Å²) in [7, 11) is 0. The van der Waals surface area contributed by atoms with Gasteiger partial charge in [-0.1, -0.05) is 67.5 Å². The molecule has 338 valence electrons. The van der Waals surface area contributed by atoms with E-state index in [9.17, 15) is 19.8 Å². The number of nitrogens with zero attached hydrogens (tertiary/aromatic N) is 5. The SMILES string of the molecule is [C-]#[N+]c1c(O)n(C(=O)O)c(=O)c(=Cc2ccc(-c3ccc(-c4ccc(N(c5cc6c7c(c5)C(C)(C)CCN7CCC6(C)C)c5cc6c7c(c5)C(C)(C)CCN7CCC6(C)C)cc4)s3)s2)c1=C. The molecule has 0 spiro atoms. The first-order chi connectivity index (χ1) is 31.2. The van der Waals surface area contributed by atoms with Crippen molar-refractivity contribution in [3.8, 4) is 26.1 Å². The first kappa shape index (κ1) is 43.8. The topological polar surface area (TPSA) is 93.6 Å². The van der Waals surface area contributed by atoms with Crippen LogP contribution < -0.4 is 30.7 Å². The smallest absolute Gasteiger partial charge is 0.420 e. The summed E-state index contributed by atoms with van der Waals surface area (Å²) in [4.78, 5) is 39.9. The first-order valence-electron chi connectivity index (χ1n) is 23.0. The van der Waals surface area contributed by atoms with Gasteiger partial charge in [-0.05, 0) is 147 Å². The summed E-state index contributed by atoms with van der Waals surface area (Å²) in [6.45, 7) is 35.1. The highest BCUT2D eigenvalue weighted by Gasteiger charge is 2.43. The highest BCUT2D eigenvalue weighted by atomic mass is 32.1. The van der Waals surface area contributed by atoms with E-state index in [0.29, 0.717) is 4.88 Å². The van der Waals surface area contributed by atoms with Crippen molar-refractivity contribution in [3.63, 3.8) is 0 Å². The Labute approximate surface area is 395 Å². The molecule has 0 saturated heterocycles. The standard InChI is InChI=1S/C55H57N5O4S2/c1-32-38(49(61)60(51(63)64)50(62)46(32)56-10)31-37-15-16-44(65-37)45-18-17-43(66-45)33-11-13-34(14-12-33)59(35-27-39-47-40(28-35)53(4,5)20-24-57(47)23-19-52(39,2)3)36-29-41-48-42(30-36)55(8,9)22-26-58(48)25-21-54(41,6)7/h11-18,27-31,62H,1,19-26H2,2-9H3,(H,63,64). The number of carboxylic acid groups (broad SMARTS) is 1. The van der Waals surface area contributed by atoms with Gasteiger partial charge in [0.1, 0.15) is 0 Å². The number of pyridine rings is 1. The molecule has 0 bridgehead atoms. The van der Waals surface area contributed by atoms with Gasteiger partial charge in [0.2, 0.25) is 5.88 Å². The van der Waals surface area contributed by atoms with Crippen molar-refractivity contribution in [1.29, 1.82) is 0 Å². The van der Waals surface area contributed by atoms with Crippen LogP contribution in [0.15, 0.2) is 77.6 Å². The van der Waals surface area contributed by atoms with Crippen molar-refractivity contribution in [2.45, 2.75) is 103 Å². The molecular weight excluding hydrogens is 859 g/mol. The van der Waals surface area contributed by atoms with E-state index < -0.39 is 17.5 Å². The van der Waals surface area contributed by atoms with Gasteiger partial charge in [0.05, 0.1) is 6.57 Å². The summed E-state index contributed by atoms with van der Waals surface area (Å²) in [5.74, 6) is -0.927. The summed E-state index contributed by atoms with van der Waals surface area (Å²) >= 11 is 3.14. The van der Waals surface area contributed by atoms with Crippen molar-refractivity contribution in [2.75, 3.05) is 40.9 Å². The Morgan fingerprint density at radius 1 is 0.682 bits per heavy atom. The monoisotopic (exact) mass is 915 g/mol. The molecule has 0 radical (unpaired) electrons. The molecule has 0 fully saturated rings. The lowest BCUT2D eigenvalue weighted by atomic mass is 9.69. The summed E-state index contributed by atoms with van der Waals surface area (Å²) < 4.78 is 0.189. The number of aromatic nitrogens is 1. The Balaban J connectivity index is 1.07. The van der Waals surface area contributed by atoms with Crippen molar-refractivity contribution in [2.24, 2.45) is 0 Å². The largest absolute Gasteiger partial charge is 0.502 e. The van der Waals surface area contributed by atoms with Crippen LogP contribution >= 0.6 is 22.7 Å². The van der Waals surface area contributed by atoms with Crippen LogP contribution in [-0.4, -0.2) is 47.1 Å². The minimum absolute atomic E-state index is 0.0125. The molecule has 9 nitrogen and oxygen atoms in total. The molecule has 0 saturated carbocycles. The van der Waals surface area contributed by atoms with E-state index in [1.54, 1.807) is 11.3 Å². The van der Waals surface area contributed by atoms with Gasteiger partial charge < -0.3 is 24.9 Å². The van der Waals surface area contributed by atoms with E-state index in [0.717, 1.165) is 77.7 Å². The first-order valence-corrected chi connectivity index (χ1v) is 24.6. The van der Waals surface area contributed by atoms with E-state index in [4.69, 9.17) is 6.57 Å². The predicted octanol–water partition coefficient (Wildman–Crippen LogP) is 12.1. The van der Waals surface area contributed by atoms with E-state index in [1.165, 1.54) is 62.4 Å². The van der Waals surface area contributed by atoms with Crippen LogP contribution in [-0.2, 0) is 21.7 Å². The Kier molecular flexibility index (Phi) is 10.1. The quantitative estimate of drug-likeness (QED) is 0.161. The van der Waals surface area contributed by atoms with Crippen LogP contribution in [0.4, 0.5) is 38.9 Å². The Bertz CT molecular complexity index is 3060. The van der Waals surface area contributed by atoms with Crippen molar-refractivity contribution >= 4 is 75.5 Å². The molecule has 4 aliphatic rings. The summed E-state index contributed by atoms with van der Waals surface area (Å²) in [5.41, 5.74) is 12.2. The summed E-state index contributed by atoms with van der Waals surface area (Å²) in [6.07, 6.45) is 4.37. The lowest BCUT2D eigenvalue weighted by Crippen LogP contribution is -2.46. The minimum Gasteiger partial charge on any atom is -0.502 e. The zero-order valence-corrected chi connectivity index (χ0v) is 40.8. The predicted molar refractivity (Wildman–Crippen MR) is 273 cm³/mol. The van der Waals surface area contributed by atoms with Crippen LogP contribution in [0.25, 0.3) is 37.7 Å². The molecule has 6 aromatic rings. The number of aromatic hydroxyl groups is 1. The van der Waals surface area contributed by atoms with Gasteiger partial charge in [-0.3, -0.25) is 4.79 Å². The van der Waals surface area contributed by atoms with Gasteiger partial charge in [-0.2, -0.15) is 4.57 Å². The average Bonchev–Trinajstić information content (AvgIpc) is 3.95. The third kappa shape index (κ3) is 6.98. The highest BCUT2D eigenvalue weighted by Crippen LogP contribution is 2.55. The Hall–Kier alpha value is -6.09. The average molecular weight is 916 g/mol. The molecule has 3 aromatic heterocycles. The van der Waals surface area contributed by atoms with Gasteiger partial charge in [0.15, 0.2) is 0 Å². The van der Waals surface area contributed by atoms with E-state index >= 15 is 0 Å². The molecule has 11 heteroatoms. The second-order valence-corrected chi connectivity index (χ2v) is 23.5. The van der Waals surface area contributed by atoms with Crippen molar-refractivity contribution in [3.05, 3.63) is 132 Å². The molecule has 2 N–H and O–H groups in total. The lowest BCUT2D eigenvalue weighted by Gasteiger charge is -2.49. The maximum Gasteiger partial charge on any atom is 0.420 e. The third-order valence-corrected chi connectivity index (χ3v) is 17.6. The molecule has 3 aromatic carbocycles. The summed E-state index contributed by atoms with van der Waals surface area (Å²) in [5, 5.41) is 19.9. The molecule has 0 aliphatic carbocycles. The molecule has 66 heavy (non-hydrogen) atoms. The van der Waals surface area contributed by atoms with Crippen molar-refractivity contribution < 1.29 is 15.0 Å². The van der Waals surface area contributed by atoms with Gasteiger partial charge in [0, 0.05) is 79.3 Å². The molecule has 10 rings (SSSR count). The number of anilines is 5. The van der Waals surface area contributed by atoms with E-state index in [1.807, 2.05) is 12.1 Å². The maximum atomic E-state index is 13.1. The molecular formula is C55H57N5O4S2. The van der Waals surface area contributed by atoms with Crippen LogP contribution in [0, 0.1) is 6.57 Å². The van der Waals surface area contributed by atoms with Gasteiger partial charge in [0.25, 0.3) is 11.2 Å². The van der Waals surface area contributed by atoms with Gasteiger partial charge in [-0.15, -0.1) is 29.3 Å². The van der Waals surface area contributed by atoms with Gasteiger partial charge in [-0.25, -0.2) is 9.64 Å². The fourth-order valence-electron chi connectivity index (χ4n) is 10.8. The fraction of sp³-hybridized carbons (Fsp3) is 0.364. The Morgan fingerprint density at radius 3 is 1.58 bits per heavy atom. The molecule has 0 unspecified atom stereocenters. The summed E-state index contributed by atoms with van der Waals surface area (Å²) in [6, 6.07) is 27.2. The third-order valence-electron chi connectivity index (χ3n) is 15.2. The molecule has 0 atom stereocenters. The number of hydrogen-bond donors (Lipinski definition) is 2. The van der Waals surface area contributed by atoms with E-state index in [2.05, 4.69) is 142 Å². The number of benzene rings is 3. The number of carbonyl (C=O) groups is 1. The Morgan fingerprint density at radius 2 is 1.12 bits per heavy atom. The second kappa shape index (κ2) is 15.2. The van der Waals surface area contributed by atoms with Crippen molar-refractivity contribution in [1.82, 2.24) is 4.57 Å². The molecule has 4 aliphatic heterocycles. The van der Waals surface area contributed by atoms with E-state index in [-0.39, 0.29) is 42.4 Å². The molecule has 7 heterocycles.